The first-order valence-electron chi connectivity index (χ1n) is 6.31. The van der Waals surface area contributed by atoms with Crippen molar-refractivity contribution >= 4 is 0 Å². The van der Waals surface area contributed by atoms with Gasteiger partial charge < -0.3 is 4.52 Å². The molecule has 88 valence electrons. The van der Waals surface area contributed by atoms with Crippen LogP contribution in [-0.4, -0.2) is 5.16 Å². The van der Waals surface area contributed by atoms with Crippen molar-refractivity contribution in [2.75, 3.05) is 0 Å². The summed E-state index contributed by atoms with van der Waals surface area (Å²) in [6.07, 6.45) is 5.10. The fraction of sp³-hybridized carbons (Fsp3) is 0.400. The summed E-state index contributed by atoms with van der Waals surface area (Å²) in [5.74, 6) is 0.915. The summed E-state index contributed by atoms with van der Waals surface area (Å²) in [6.45, 7) is 3.99. The van der Waals surface area contributed by atoms with Crippen molar-refractivity contribution in [2.45, 2.75) is 39.5 Å². The molecule has 0 radical (unpaired) electrons. The molecule has 1 aliphatic carbocycles. The summed E-state index contributed by atoms with van der Waals surface area (Å²) < 4.78 is 5.24. The lowest BCUT2D eigenvalue weighted by Gasteiger charge is -2.16. The van der Waals surface area contributed by atoms with Gasteiger partial charge in [-0.05, 0) is 56.2 Å². The number of hydrogen-bond donors (Lipinski definition) is 0. The smallest absolute Gasteiger partial charge is 0.141 e. The Labute approximate surface area is 102 Å². The molecule has 0 fully saturated rings. The third-order valence-electron chi connectivity index (χ3n) is 3.67. The number of fused-ring (bicyclic) bond motifs is 1. The fourth-order valence-corrected chi connectivity index (χ4v) is 2.78. The zero-order valence-corrected chi connectivity index (χ0v) is 10.4. The summed E-state index contributed by atoms with van der Waals surface area (Å²) in [4.78, 5) is 0. The molecule has 0 atom stereocenters. The quantitative estimate of drug-likeness (QED) is 0.739. The maximum absolute atomic E-state index is 5.24. The average Bonchev–Trinajstić information content (AvgIpc) is 2.68. The molecule has 17 heavy (non-hydrogen) atoms. The largest absolute Gasteiger partial charge is 0.361 e. The lowest BCUT2D eigenvalue weighted by atomic mass is 9.89. The highest BCUT2D eigenvalue weighted by Gasteiger charge is 2.14. The van der Waals surface area contributed by atoms with Gasteiger partial charge in [-0.1, -0.05) is 23.4 Å². The van der Waals surface area contributed by atoms with Gasteiger partial charge >= 0.3 is 0 Å². The number of aryl methyl sites for hydroxylation is 4. The average molecular weight is 227 g/mol. The molecule has 1 heterocycles. The minimum absolute atomic E-state index is 0.915. The Morgan fingerprint density at radius 3 is 2.53 bits per heavy atom. The molecule has 0 amide bonds. The molecule has 2 aromatic rings. The van der Waals surface area contributed by atoms with Gasteiger partial charge in [0.25, 0.3) is 0 Å². The van der Waals surface area contributed by atoms with Crippen LogP contribution < -0.4 is 0 Å². The monoisotopic (exact) mass is 227 g/mol. The van der Waals surface area contributed by atoms with Crippen LogP contribution in [0.4, 0.5) is 0 Å². The van der Waals surface area contributed by atoms with Gasteiger partial charge in [0.2, 0.25) is 0 Å². The standard InChI is InChI=1S/C15H17NO/c1-10-15(11(2)17-16-10)14-8-7-12-5-3-4-6-13(12)9-14/h7-9H,3-6H2,1-2H3. The molecule has 0 spiro atoms. The molecule has 0 saturated heterocycles. The second-order valence-electron chi connectivity index (χ2n) is 4.89. The second kappa shape index (κ2) is 4.02. The van der Waals surface area contributed by atoms with E-state index in [-0.39, 0.29) is 0 Å². The van der Waals surface area contributed by atoms with E-state index in [9.17, 15) is 0 Å². The highest BCUT2D eigenvalue weighted by molar-refractivity contribution is 5.68. The van der Waals surface area contributed by atoms with Crippen molar-refractivity contribution < 1.29 is 4.52 Å². The van der Waals surface area contributed by atoms with Crippen LogP contribution in [0.2, 0.25) is 0 Å². The van der Waals surface area contributed by atoms with E-state index in [1.54, 1.807) is 0 Å². The van der Waals surface area contributed by atoms with E-state index in [2.05, 4.69) is 23.4 Å². The Morgan fingerprint density at radius 2 is 1.82 bits per heavy atom. The Bertz CT molecular complexity index is 535. The van der Waals surface area contributed by atoms with Crippen molar-refractivity contribution in [1.82, 2.24) is 5.16 Å². The van der Waals surface area contributed by atoms with Crippen LogP contribution >= 0.6 is 0 Å². The van der Waals surface area contributed by atoms with Gasteiger partial charge in [-0.25, -0.2) is 0 Å². The molecule has 0 aliphatic heterocycles. The normalized spacial score (nSPS) is 14.7. The van der Waals surface area contributed by atoms with Crippen molar-refractivity contribution in [3.05, 3.63) is 40.8 Å². The molecule has 2 heteroatoms. The maximum Gasteiger partial charge on any atom is 0.141 e. The van der Waals surface area contributed by atoms with Crippen LogP contribution in [0.1, 0.15) is 35.4 Å². The molecule has 1 aliphatic rings. The predicted molar refractivity (Wildman–Crippen MR) is 68.1 cm³/mol. The first-order valence-corrected chi connectivity index (χ1v) is 6.31. The van der Waals surface area contributed by atoms with Crippen molar-refractivity contribution in [1.29, 1.82) is 0 Å². The number of rotatable bonds is 1. The third-order valence-corrected chi connectivity index (χ3v) is 3.67. The molecule has 1 aromatic carbocycles. The van der Waals surface area contributed by atoms with Crippen LogP contribution in [-0.2, 0) is 12.8 Å². The van der Waals surface area contributed by atoms with E-state index >= 15 is 0 Å². The summed E-state index contributed by atoms with van der Waals surface area (Å²) >= 11 is 0. The summed E-state index contributed by atoms with van der Waals surface area (Å²) in [7, 11) is 0. The van der Waals surface area contributed by atoms with E-state index in [0.717, 1.165) is 11.5 Å². The van der Waals surface area contributed by atoms with Gasteiger partial charge in [0.05, 0.1) is 5.69 Å². The molecule has 1 aromatic heterocycles. The predicted octanol–water partition coefficient (Wildman–Crippen LogP) is 3.84. The van der Waals surface area contributed by atoms with E-state index in [4.69, 9.17) is 4.52 Å². The second-order valence-corrected chi connectivity index (χ2v) is 4.89. The zero-order valence-electron chi connectivity index (χ0n) is 10.4. The van der Waals surface area contributed by atoms with E-state index in [1.165, 1.54) is 47.9 Å². The zero-order chi connectivity index (χ0) is 11.8. The van der Waals surface area contributed by atoms with Crippen molar-refractivity contribution in [2.24, 2.45) is 0 Å². The van der Waals surface area contributed by atoms with Crippen LogP contribution in [0.25, 0.3) is 11.1 Å². The SMILES string of the molecule is Cc1noc(C)c1-c1ccc2c(c1)CCCC2. The summed E-state index contributed by atoms with van der Waals surface area (Å²) in [6, 6.07) is 6.80. The van der Waals surface area contributed by atoms with Crippen molar-refractivity contribution in [3.63, 3.8) is 0 Å². The lowest BCUT2D eigenvalue weighted by Crippen LogP contribution is -2.02. The van der Waals surface area contributed by atoms with Gasteiger partial charge in [-0.15, -0.1) is 0 Å². The van der Waals surface area contributed by atoms with E-state index in [1.807, 2.05) is 13.8 Å². The Hall–Kier alpha value is -1.57. The minimum Gasteiger partial charge on any atom is -0.361 e. The maximum atomic E-state index is 5.24. The van der Waals surface area contributed by atoms with Gasteiger partial charge in [-0.3, -0.25) is 0 Å². The van der Waals surface area contributed by atoms with Crippen molar-refractivity contribution in [3.8, 4) is 11.1 Å². The number of aromatic nitrogens is 1. The van der Waals surface area contributed by atoms with E-state index < -0.39 is 0 Å². The number of nitrogens with zero attached hydrogens (tertiary/aromatic N) is 1. The Kier molecular flexibility index (Phi) is 2.50. The van der Waals surface area contributed by atoms with Crippen LogP contribution in [0.3, 0.4) is 0 Å². The molecule has 0 unspecified atom stereocenters. The molecular formula is C15H17NO. The van der Waals surface area contributed by atoms with Crippen LogP contribution in [0.5, 0.6) is 0 Å². The number of benzene rings is 1. The third kappa shape index (κ3) is 1.78. The molecule has 3 rings (SSSR count). The molecule has 0 N–H and O–H groups in total. The van der Waals surface area contributed by atoms with Gasteiger partial charge in [0.1, 0.15) is 5.76 Å². The molecule has 0 bridgehead atoms. The minimum atomic E-state index is 0.915. The van der Waals surface area contributed by atoms with Gasteiger partial charge in [0.15, 0.2) is 0 Å². The number of hydrogen-bond acceptors (Lipinski definition) is 2. The topological polar surface area (TPSA) is 26.0 Å². The van der Waals surface area contributed by atoms with Gasteiger partial charge in [-0.2, -0.15) is 0 Å². The lowest BCUT2D eigenvalue weighted by molar-refractivity contribution is 0.393. The Morgan fingerprint density at radius 1 is 1.06 bits per heavy atom. The van der Waals surface area contributed by atoms with Crippen LogP contribution in [0.15, 0.2) is 22.7 Å². The molecular weight excluding hydrogens is 210 g/mol. The van der Waals surface area contributed by atoms with Gasteiger partial charge in [0, 0.05) is 5.56 Å². The summed E-state index contributed by atoms with van der Waals surface area (Å²) in [5.41, 5.74) is 6.43. The molecule has 0 saturated carbocycles. The van der Waals surface area contributed by atoms with Crippen LogP contribution in [0, 0.1) is 13.8 Å². The highest BCUT2D eigenvalue weighted by Crippen LogP contribution is 2.31. The fourth-order valence-electron chi connectivity index (χ4n) is 2.78. The van der Waals surface area contributed by atoms with E-state index in [0.29, 0.717) is 0 Å². The highest BCUT2D eigenvalue weighted by atomic mass is 16.5. The molecule has 2 nitrogen and oxygen atoms in total. The first kappa shape index (κ1) is 10.6. The first-order chi connectivity index (χ1) is 8.25. The Balaban J connectivity index is 2.10. The summed E-state index contributed by atoms with van der Waals surface area (Å²) in [5, 5.41) is 4.03.